The third-order valence-electron chi connectivity index (χ3n) is 7.99. The van der Waals surface area contributed by atoms with Crippen molar-refractivity contribution in [2.24, 2.45) is 5.41 Å². The summed E-state index contributed by atoms with van der Waals surface area (Å²) in [5, 5.41) is 0. The van der Waals surface area contributed by atoms with Crippen molar-refractivity contribution in [3.05, 3.63) is 29.8 Å². The minimum atomic E-state index is -0.439. The zero-order valence-electron chi connectivity index (χ0n) is 20.5. The standard InChI is InChI=1S/C26H35N5O3/c1-25(2,3)34-24(32)30-15-26(16-30)8-4-18(5-9-26)20-14-31-21(29-20)13-28-23-22(31)19(12-27-23)17-6-10-33-11-7-17/h12-14,17-18,27H,4-11,15-16H2,1-3H3. The smallest absolute Gasteiger partial charge is 0.410 e. The third-order valence-corrected chi connectivity index (χ3v) is 7.99. The van der Waals surface area contributed by atoms with Crippen LogP contribution in [0.3, 0.4) is 0 Å². The highest BCUT2D eigenvalue weighted by Gasteiger charge is 2.48. The van der Waals surface area contributed by atoms with Crippen molar-refractivity contribution < 1.29 is 14.3 Å². The fourth-order valence-electron chi connectivity index (χ4n) is 6.15. The first-order valence-electron chi connectivity index (χ1n) is 12.7. The summed E-state index contributed by atoms with van der Waals surface area (Å²) in [5.41, 5.74) is 5.35. The number of amides is 1. The molecular weight excluding hydrogens is 430 g/mol. The highest BCUT2D eigenvalue weighted by molar-refractivity contribution is 5.79. The summed E-state index contributed by atoms with van der Waals surface area (Å²) >= 11 is 0. The van der Waals surface area contributed by atoms with Gasteiger partial charge >= 0.3 is 6.09 Å². The number of likely N-dealkylation sites (tertiary alicyclic amines) is 1. The van der Waals surface area contributed by atoms with Crippen molar-refractivity contribution in [1.29, 1.82) is 0 Å². The fourth-order valence-corrected chi connectivity index (χ4v) is 6.15. The molecule has 1 N–H and O–H groups in total. The number of carbonyl (C=O) groups excluding carboxylic acids is 1. The van der Waals surface area contributed by atoms with E-state index in [9.17, 15) is 4.79 Å². The zero-order valence-corrected chi connectivity index (χ0v) is 20.5. The first kappa shape index (κ1) is 21.9. The van der Waals surface area contributed by atoms with Crippen LogP contribution in [0.5, 0.6) is 0 Å². The molecule has 3 aliphatic rings. The predicted molar refractivity (Wildman–Crippen MR) is 129 cm³/mol. The van der Waals surface area contributed by atoms with E-state index in [1.807, 2.05) is 31.9 Å². The Morgan fingerprint density at radius 3 is 2.59 bits per heavy atom. The Labute approximate surface area is 200 Å². The van der Waals surface area contributed by atoms with Crippen molar-refractivity contribution >= 4 is 22.9 Å². The van der Waals surface area contributed by atoms with E-state index in [2.05, 4.69) is 26.8 Å². The maximum atomic E-state index is 12.4. The molecule has 1 spiro atoms. The highest BCUT2D eigenvalue weighted by Crippen LogP contribution is 2.48. The molecule has 34 heavy (non-hydrogen) atoms. The van der Waals surface area contributed by atoms with Crippen molar-refractivity contribution in [3.63, 3.8) is 0 Å². The Morgan fingerprint density at radius 2 is 1.88 bits per heavy atom. The second-order valence-electron chi connectivity index (χ2n) is 11.6. The molecule has 1 saturated carbocycles. The van der Waals surface area contributed by atoms with Crippen LogP contribution in [0.4, 0.5) is 4.79 Å². The van der Waals surface area contributed by atoms with Crippen LogP contribution in [-0.4, -0.2) is 62.3 Å². The van der Waals surface area contributed by atoms with Crippen molar-refractivity contribution in [1.82, 2.24) is 24.3 Å². The van der Waals surface area contributed by atoms with Gasteiger partial charge in [0.2, 0.25) is 0 Å². The number of H-pyrrole nitrogens is 1. The molecule has 2 aliphatic heterocycles. The summed E-state index contributed by atoms with van der Waals surface area (Å²) in [6, 6.07) is 0. The molecule has 5 heterocycles. The Balaban J connectivity index is 1.17. The molecule has 1 amide bonds. The number of nitrogens with one attached hydrogen (secondary N) is 1. The maximum absolute atomic E-state index is 12.4. The van der Waals surface area contributed by atoms with Crippen LogP contribution in [0.15, 0.2) is 18.6 Å². The van der Waals surface area contributed by atoms with Gasteiger partial charge in [0.1, 0.15) is 5.60 Å². The molecule has 0 unspecified atom stereocenters. The number of carbonyl (C=O) groups is 1. The number of fused-ring (bicyclic) bond motifs is 3. The largest absolute Gasteiger partial charge is 0.444 e. The number of aromatic nitrogens is 4. The van der Waals surface area contributed by atoms with Crippen LogP contribution in [0.2, 0.25) is 0 Å². The molecule has 6 rings (SSSR count). The van der Waals surface area contributed by atoms with E-state index in [0.717, 1.165) is 76.1 Å². The number of imidazole rings is 1. The maximum Gasteiger partial charge on any atom is 0.410 e. The molecule has 0 radical (unpaired) electrons. The van der Waals surface area contributed by atoms with Gasteiger partial charge in [-0.25, -0.2) is 14.8 Å². The second-order valence-corrected chi connectivity index (χ2v) is 11.6. The van der Waals surface area contributed by atoms with Crippen LogP contribution < -0.4 is 0 Å². The van der Waals surface area contributed by atoms with Gasteiger partial charge in [-0.3, -0.25) is 4.40 Å². The minimum absolute atomic E-state index is 0.177. The molecule has 8 heteroatoms. The van der Waals surface area contributed by atoms with Gasteiger partial charge in [-0.2, -0.15) is 0 Å². The van der Waals surface area contributed by atoms with Gasteiger partial charge in [0.25, 0.3) is 0 Å². The van der Waals surface area contributed by atoms with Gasteiger partial charge in [-0.15, -0.1) is 0 Å². The number of rotatable bonds is 2. The lowest BCUT2D eigenvalue weighted by Gasteiger charge is -2.53. The van der Waals surface area contributed by atoms with E-state index in [0.29, 0.717) is 11.8 Å². The van der Waals surface area contributed by atoms with Crippen LogP contribution in [-0.2, 0) is 9.47 Å². The number of ether oxygens (including phenoxy) is 2. The number of hydrogen-bond donors (Lipinski definition) is 1. The molecular formula is C26H35N5O3. The van der Waals surface area contributed by atoms with Crippen LogP contribution in [0.1, 0.15) is 82.4 Å². The van der Waals surface area contributed by atoms with Gasteiger partial charge < -0.3 is 19.4 Å². The Hall–Kier alpha value is -2.61. The molecule has 1 aliphatic carbocycles. The van der Waals surface area contributed by atoms with Gasteiger partial charge in [-0.05, 0) is 70.8 Å². The summed E-state index contributed by atoms with van der Waals surface area (Å²) in [6.45, 7) is 9.05. The Morgan fingerprint density at radius 1 is 1.15 bits per heavy atom. The minimum Gasteiger partial charge on any atom is -0.444 e. The van der Waals surface area contributed by atoms with E-state index >= 15 is 0 Å². The number of aromatic amines is 1. The quantitative estimate of drug-likeness (QED) is 0.576. The van der Waals surface area contributed by atoms with Gasteiger partial charge in [0.15, 0.2) is 11.3 Å². The first-order chi connectivity index (χ1) is 16.3. The predicted octanol–water partition coefficient (Wildman–Crippen LogP) is 5.00. The van der Waals surface area contributed by atoms with E-state index in [4.69, 9.17) is 14.5 Å². The summed E-state index contributed by atoms with van der Waals surface area (Å²) in [5.74, 6) is 0.962. The molecule has 3 aromatic heterocycles. The average molecular weight is 466 g/mol. The number of nitrogens with zero attached hydrogens (tertiary/aromatic N) is 4. The molecule has 182 valence electrons. The van der Waals surface area contributed by atoms with Crippen molar-refractivity contribution in [2.75, 3.05) is 26.3 Å². The number of hydrogen-bond acceptors (Lipinski definition) is 5. The molecule has 0 aromatic carbocycles. The summed E-state index contributed by atoms with van der Waals surface area (Å²) in [7, 11) is 0. The molecule has 0 atom stereocenters. The van der Waals surface area contributed by atoms with Gasteiger partial charge in [0, 0.05) is 50.0 Å². The average Bonchev–Trinajstić information content (AvgIpc) is 3.41. The van der Waals surface area contributed by atoms with E-state index in [-0.39, 0.29) is 11.5 Å². The zero-order chi connectivity index (χ0) is 23.5. The van der Waals surface area contributed by atoms with Gasteiger partial charge in [0.05, 0.1) is 17.4 Å². The van der Waals surface area contributed by atoms with Crippen LogP contribution >= 0.6 is 0 Å². The monoisotopic (exact) mass is 465 g/mol. The highest BCUT2D eigenvalue weighted by atomic mass is 16.6. The molecule has 0 bridgehead atoms. The van der Waals surface area contributed by atoms with Crippen molar-refractivity contribution in [3.8, 4) is 0 Å². The summed E-state index contributed by atoms with van der Waals surface area (Å²) < 4.78 is 13.4. The molecule has 3 aromatic rings. The lowest BCUT2D eigenvalue weighted by molar-refractivity contribution is -0.0507. The summed E-state index contributed by atoms with van der Waals surface area (Å²) in [4.78, 5) is 27.3. The second kappa shape index (κ2) is 7.97. The van der Waals surface area contributed by atoms with Crippen LogP contribution in [0.25, 0.3) is 16.8 Å². The van der Waals surface area contributed by atoms with Crippen molar-refractivity contribution in [2.45, 2.75) is 76.7 Å². The Kier molecular flexibility index (Phi) is 5.13. The molecule has 2 saturated heterocycles. The Bertz CT molecular complexity index is 1200. The third kappa shape index (κ3) is 3.85. The summed E-state index contributed by atoms with van der Waals surface area (Å²) in [6.07, 6.45) is 12.7. The fraction of sp³-hybridized carbons (Fsp3) is 0.654. The van der Waals surface area contributed by atoms with Crippen LogP contribution in [0, 0.1) is 5.41 Å². The molecule has 8 nitrogen and oxygen atoms in total. The normalized spacial score (nSPS) is 21.9. The lowest BCUT2D eigenvalue weighted by atomic mass is 9.65. The molecule has 3 fully saturated rings. The lowest BCUT2D eigenvalue weighted by Crippen LogP contribution is -2.60. The first-order valence-corrected chi connectivity index (χ1v) is 12.7. The van der Waals surface area contributed by atoms with E-state index < -0.39 is 5.60 Å². The SMILES string of the molecule is CC(C)(C)OC(=O)N1CC2(CCC(c3cn4c(cnc5[nH]cc(C6CCOCC6)c54)n3)CC2)C1. The van der Waals surface area contributed by atoms with E-state index in [1.54, 1.807) is 0 Å². The van der Waals surface area contributed by atoms with Gasteiger partial charge in [-0.1, -0.05) is 0 Å². The van der Waals surface area contributed by atoms with E-state index in [1.165, 1.54) is 16.8 Å². The topological polar surface area (TPSA) is 84.8 Å².